The highest BCUT2D eigenvalue weighted by molar-refractivity contribution is 6.15. The predicted molar refractivity (Wildman–Crippen MR) is 154 cm³/mol. The number of hydrogen-bond donors (Lipinski definition) is 0. The van der Waals surface area contributed by atoms with Gasteiger partial charge in [-0.3, -0.25) is 4.98 Å². The molecule has 4 nitrogen and oxygen atoms in total. The van der Waals surface area contributed by atoms with Crippen molar-refractivity contribution < 1.29 is 0 Å². The summed E-state index contributed by atoms with van der Waals surface area (Å²) in [6.45, 7) is 8.00. The molecule has 180 valence electrons. The Bertz CT molecular complexity index is 1700. The molecular formula is C32H32N4. The van der Waals surface area contributed by atoms with E-state index in [9.17, 15) is 0 Å². The molecule has 2 aromatic carbocycles. The number of pyridine rings is 2. The number of nitrogens with zero attached hydrogens (tertiary/aromatic N) is 4. The largest absolute Gasteiger partial charge is 0.318 e. The van der Waals surface area contributed by atoms with Gasteiger partial charge in [0.1, 0.15) is 5.65 Å². The number of hydrogen-bond acceptors (Lipinski definition) is 2. The zero-order valence-corrected chi connectivity index (χ0v) is 21.4. The first kappa shape index (κ1) is 23.6. The Morgan fingerprint density at radius 2 is 1.50 bits per heavy atom. The van der Waals surface area contributed by atoms with E-state index in [-0.39, 0.29) is 6.04 Å². The molecule has 1 atom stereocenters. The summed E-state index contributed by atoms with van der Waals surface area (Å²) in [5, 5.41) is 3.58. The van der Waals surface area contributed by atoms with E-state index in [4.69, 9.17) is 4.98 Å². The Hall–Kier alpha value is -4.18. The molecule has 4 heterocycles. The lowest BCUT2D eigenvalue weighted by Gasteiger charge is -2.17. The number of fused-ring (bicyclic) bond motifs is 6. The summed E-state index contributed by atoms with van der Waals surface area (Å²) >= 11 is 0. The third kappa shape index (κ3) is 3.70. The van der Waals surface area contributed by atoms with Crippen molar-refractivity contribution in [2.24, 2.45) is 0 Å². The Morgan fingerprint density at radius 3 is 2.22 bits per heavy atom. The zero-order valence-electron chi connectivity index (χ0n) is 21.4. The van der Waals surface area contributed by atoms with Gasteiger partial charge >= 0.3 is 0 Å². The van der Waals surface area contributed by atoms with Crippen LogP contribution in [0.25, 0.3) is 49.6 Å². The second kappa shape index (κ2) is 10.2. The van der Waals surface area contributed by atoms with Crippen LogP contribution in [0.5, 0.6) is 0 Å². The minimum atomic E-state index is 0.263. The minimum Gasteiger partial charge on any atom is -0.318 e. The van der Waals surface area contributed by atoms with Crippen LogP contribution >= 0.6 is 0 Å². The second-order valence-electron chi connectivity index (χ2n) is 8.29. The molecule has 0 amide bonds. The van der Waals surface area contributed by atoms with Crippen LogP contribution in [0, 0.1) is 0 Å². The zero-order chi connectivity index (χ0) is 25.1. The van der Waals surface area contributed by atoms with E-state index in [2.05, 4.69) is 99.1 Å². The van der Waals surface area contributed by atoms with Crippen LogP contribution in [0.3, 0.4) is 0 Å². The molecule has 4 aromatic heterocycles. The highest BCUT2D eigenvalue weighted by Gasteiger charge is 2.21. The molecule has 4 heteroatoms. The third-order valence-electron chi connectivity index (χ3n) is 6.50. The maximum Gasteiger partial charge on any atom is 0.142 e. The molecule has 1 aliphatic rings. The van der Waals surface area contributed by atoms with E-state index in [1.807, 2.05) is 46.2 Å². The van der Waals surface area contributed by atoms with Crippen molar-refractivity contribution in [1.82, 2.24) is 19.1 Å². The lowest BCUT2D eigenvalue weighted by atomic mass is 10.1. The van der Waals surface area contributed by atoms with E-state index >= 15 is 0 Å². The highest BCUT2D eigenvalue weighted by Crippen LogP contribution is 2.38. The maximum absolute atomic E-state index is 5.33. The lowest BCUT2D eigenvalue weighted by molar-refractivity contribution is 0.643. The van der Waals surface area contributed by atoms with Crippen molar-refractivity contribution in [3.63, 3.8) is 0 Å². The first-order valence-electron chi connectivity index (χ1n) is 13.0. The van der Waals surface area contributed by atoms with Gasteiger partial charge in [0, 0.05) is 22.4 Å². The van der Waals surface area contributed by atoms with Crippen LogP contribution in [0.4, 0.5) is 0 Å². The average Bonchev–Trinajstić information content (AvgIpc) is 3.47. The average molecular weight is 473 g/mol. The first-order chi connectivity index (χ1) is 17.9. The van der Waals surface area contributed by atoms with E-state index in [0.29, 0.717) is 0 Å². The summed E-state index contributed by atoms with van der Waals surface area (Å²) in [5.74, 6) is 0. The van der Waals surface area contributed by atoms with Crippen molar-refractivity contribution in [2.75, 3.05) is 0 Å². The van der Waals surface area contributed by atoms with Crippen LogP contribution in [0.2, 0.25) is 0 Å². The Labute approximate surface area is 212 Å². The van der Waals surface area contributed by atoms with E-state index in [1.165, 1.54) is 16.3 Å². The molecule has 1 unspecified atom stereocenters. The van der Waals surface area contributed by atoms with Gasteiger partial charge in [-0.25, -0.2) is 4.98 Å². The van der Waals surface area contributed by atoms with Gasteiger partial charge in [-0.1, -0.05) is 88.4 Å². The molecule has 0 bridgehead atoms. The van der Waals surface area contributed by atoms with Crippen LogP contribution in [-0.4, -0.2) is 19.1 Å². The van der Waals surface area contributed by atoms with Crippen LogP contribution in [-0.2, 0) is 0 Å². The van der Waals surface area contributed by atoms with E-state index < -0.39 is 0 Å². The normalized spacial score (nSPS) is 14.6. The van der Waals surface area contributed by atoms with Crippen molar-refractivity contribution in [3.8, 4) is 5.69 Å². The molecule has 0 saturated heterocycles. The molecule has 0 radical (unpaired) electrons. The minimum absolute atomic E-state index is 0.263. The van der Waals surface area contributed by atoms with Gasteiger partial charge in [-0.2, -0.15) is 0 Å². The third-order valence-corrected chi connectivity index (χ3v) is 6.50. The smallest absolute Gasteiger partial charge is 0.142 e. The summed E-state index contributed by atoms with van der Waals surface area (Å²) < 4.78 is 4.68. The Morgan fingerprint density at radius 1 is 0.750 bits per heavy atom. The van der Waals surface area contributed by atoms with E-state index in [0.717, 1.165) is 39.7 Å². The SMILES string of the molecule is C1=CCC(n2c3ccccc3c3cc4c(nc32)c2ccccc2n4-c2cccnc2)C=C1.CC.CC. The molecule has 0 saturated carbocycles. The standard InChI is InChI=1S/C28H20N4.2C2H6/c1-2-9-19(10-3-1)32-24-14-6-4-12-21(24)23-17-26-27(30-28(23)32)22-13-5-7-15-25(22)31(26)20-11-8-16-29-18-20;2*1-2/h1-9,11-19H,10H2;2*1-2H3. The Balaban J connectivity index is 0.000000637. The van der Waals surface area contributed by atoms with Gasteiger partial charge in [0.2, 0.25) is 0 Å². The molecule has 6 aromatic rings. The monoisotopic (exact) mass is 472 g/mol. The van der Waals surface area contributed by atoms with Crippen molar-refractivity contribution in [3.05, 3.63) is 103 Å². The van der Waals surface area contributed by atoms with Gasteiger partial charge in [0.25, 0.3) is 0 Å². The summed E-state index contributed by atoms with van der Waals surface area (Å²) in [4.78, 5) is 9.70. The lowest BCUT2D eigenvalue weighted by Crippen LogP contribution is -2.07. The molecule has 0 fully saturated rings. The number of allylic oxidation sites excluding steroid dienone is 4. The number of rotatable bonds is 2. The fraction of sp³-hybridized carbons (Fsp3) is 0.188. The molecular weight excluding hydrogens is 440 g/mol. The first-order valence-corrected chi connectivity index (χ1v) is 13.0. The van der Waals surface area contributed by atoms with Crippen molar-refractivity contribution >= 4 is 43.9 Å². The van der Waals surface area contributed by atoms with Crippen molar-refractivity contribution in [1.29, 1.82) is 0 Å². The quantitative estimate of drug-likeness (QED) is 0.252. The molecule has 1 aliphatic carbocycles. The summed E-state index contributed by atoms with van der Waals surface area (Å²) in [7, 11) is 0. The fourth-order valence-corrected chi connectivity index (χ4v) is 5.13. The van der Waals surface area contributed by atoms with Crippen molar-refractivity contribution in [2.45, 2.75) is 40.2 Å². The van der Waals surface area contributed by atoms with Crippen LogP contribution < -0.4 is 0 Å². The van der Waals surface area contributed by atoms with Crippen LogP contribution in [0.15, 0.2) is 103 Å². The molecule has 0 N–H and O–H groups in total. The summed E-state index contributed by atoms with van der Waals surface area (Å²) in [6, 6.07) is 23.8. The summed E-state index contributed by atoms with van der Waals surface area (Å²) in [6.07, 6.45) is 13.5. The number of benzene rings is 2. The Kier molecular flexibility index (Phi) is 6.68. The van der Waals surface area contributed by atoms with Crippen LogP contribution in [0.1, 0.15) is 40.2 Å². The van der Waals surface area contributed by atoms with Gasteiger partial charge in [0.05, 0.1) is 40.0 Å². The van der Waals surface area contributed by atoms with Gasteiger partial charge in [-0.15, -0.1) is 0 Å². The maximum atomic E-state index is 5.33. The van der Waals surface area contributed by atoms with Gasteiger partial charge < -0.3 is 9.13 Å². The molecule has 0 spiro atoms. The number of para-hydroxylation sites is 2. The topological polar surface area (TPSA) is 35.6 Å². The summed E-state index contributed by atoms with van der Waals surface area (Å²) in [5.41, 5.74) is 6.59. The number of aromatic nitrogens is 4. The second-order valence-corrected chi connectivity index (χ2v) is 8.29. The molecule has 36 heavy (non-hydrogen) atoms. The fourth-order valence-electron chi connectivity index (χ4n) is 5.13. The van der Waals surface area contributed by atoms with Gasteiger partial charge in [-0.05, 0) is 36.8 Å². The van der Waals surface area contributed by atoms with Gasteiger partial charge in [0.15, 0.2) is 0 Å². The molecule has 7 rings (SSSR count). The highest BCUT2D eigenvalue weighted by atomic mass is 15.1. The molecule has 0 aliphatic heterocycles. The van der Waals surface area contributed by atoms with E-state index in [1.54, 1.807) is 0 Å². The predicted octanol–water partition coefficient (Wildman–Crippen LogP) is 8.79.